The summed E-state index contributed by atoms with van der Waals surface area (Å²) in [7, 11) is 0. The number of hydrogen-bond donors (Lipinski definition) is 1. The van der Waals surface area contributed by atoms with Crippen LogP contribution < -0.4 is 5.32 Å². The Hall–Kier alpha value is -0.820. The first kappa shape index (κ1) is 14.6. The smallest absolute Gasteiger partial charge is 0.0136 e. The Morgan fingerprint density at radius 1 is 1.05 bits per heavy atom. The SMILES string of the molecule is CC(C)CN[C@H](Cc1ccccc1)C1CCCCC1. The lowest BCUT2D eigenvalue weighted by atomic mass is 9.81. The summed E-state index contributed by atoms with van der Waals surface area (Å²) in [5, 5.41) is 3.84. The van der Waals surface area contributed by atoms with Crippen molar-refractivity contribution in [1.82, 2.24) is 5.32 Å². The van der Waals surface area contributed by atoms with Crippen LogP contribution in [-0.2, 0) is 6.42 Å². The van der Waals surface area contributed by atoms with Crippen molar-refractivity contribution in [2.45, 2.75) is 58.4 Å². The zero-order chi connectivity index (χ0) is 13.5. The molecule has 1 fully saturated rings. The van der Waals surface area contributed by atoms with E-state index in [0.717, 1.165) is 18.4 Å². The summed E-state index contributed by atoms with van der Waals surface area (Å²) in [6, 6.07) is 11.6. The quantitative estimate of drug-likeness (QED) is 0.797. The van der Waals surface area contributed by atoms with E-state index in [1.54, 1.807) is 0 Å². The standard InChI is InChI=1S/C18H29N/c1-15(2)14-19-18(17-11-7-4-8-12-17)13-16-9-5-3-6-10-16/h3,5-6,9-10,15,17-19H,4,7-8,11-14H2,1-2H3/t18-/m1/s1. The second-order valence-electron chi connectivity index (χ2n) is 6.50. The maximum absolute atomic E-state index is 3.84. The van der Waals surface area contributed by atoms with Crippen molar-refractivity contribution in [2.24, 2.45) is 11.8 Å². The molecule has 0 spiro atoms. The highest BCUT2D eigenvalue weighted by atomic mass is 14.9. The molecule has 0 heterocycles. The van der Waals surface area contributed by atoms with E-state index in [4.69, 9.17) is 0 Å². The maximum Gasteiger partial charge on any atom is 0.0136 e. The average molecular weight is 259 g/mol. The summed E-state index contributed by atoms with van der Waals surface area (Å²) in [4.78, 5) is 0. The van der Waals surface area contributed by atoms with Crippen LogP contribution in [0.25, 0.3) is 0 Å². The van der Waals surface area contributed by atoms with Gasteiger partial charge in [-0.25, -0.2) is 0 Å². The van der Waals surface area contributed by atoms with Crippen LogP contribution in [-0.4, -0.2) is 12.6 Å². The van der Waals surface area contributed by atoms with Gasteiger partial charge in [0, 0.05) is 6.04 Å². The highest BCUT2D eigenvalue weighted by Crippen LogP contribution is 2.28. The second-order valence-corrected chi connectivity index (χ2v) is 6.50. The molecule has 1 nitrogen and oxygen atoms in total. The maximum atomic E-state index is 3.84. The summed E-state index contributed by atoms with van der Waals surface area (Å²) in [6.07, 6.45) is 8.33. The van der Waals surface area contributed by atoms with Crippen molar-refractivity contribution >= 4 is 0 Å². The molecule has 1 atom stereocenters. The van der Waals surface area contributed by atoms with E-state index >= 15 is 0 Å². The first-order valence-electron chi connectivity index (χ1n) is 8.03. The highest BCUT2D eigenvalue weighted by Gasteiger charge is 2.23. The molecule has 0 radical (unpaired) electrons. The van der Waals surface area contributed by atoms with Gasteiger partial charge in [-0.3, -0.25) is 0 Å². The zero-order valence-corrected chi connectivity index (χ0v) is 12.6. The lowest BCUT2D eigenvalue weighted by Gasteiger charge is -2.32. The van der Waals surface area contributed by atoms with E-state index in [9.17, 15) is 0 Å². The lowest BCUT2D eigenvalue weighted by molar-refractivity contribution is 0.261. The minimum Gasteiger partial charge on any atom is -0.313 e. The Balaban J connectivity index is 1.96. The van der Waals surface area contributed by atoms with Gasteiger partial charge in [-0.1, -0.05) is 63.4 Å². The average Bonchev–Trinajstić information content (AvgIpc) is 2.45. The third-order valence-corrected chi connectivity index (χ3v) is 4.31. The molecule has 0 saturated heterocycles. The highest BCUT2D eigenvalue weighted by molar-refractivity contribution is 5.16. The Labute approximate surface area is 118 Å². The molecular formula is C18H29N. The van der Waals surface area contributed by atoms with E-state index in [1.165, 1.54) is 44.1 Å². The number of rotatable bonds is 6. The molecule has 1 aliphatic carbocycles. The van der Waals surface area contributed by atoms with Gasteiger partial charge in [-0.2, -0.15) is 0 Å². The summed E-state index contributed by atoms with van der Waals surface area (Å²) in [6.45, 7) is 5.74. The fourth-order valence-electron chi connectivity index (χ4n) is 3.20. The van der Waals surface area contributed by atoms with E-state index in [-0.39, 0.29) is 0 Å². The van der Waals surface area contributed by atoms with Gasteiger partial charge in [0.15, 0.2) is 0 Å². The first-order chi connectivity index (χ1) is 9.25. The van der Waals surface area contributed by atoms with Crippen LogP contribution in [0.2, 0.25) is 0 Å². The molecule has 1 aromatic carbocycles. The van der Waals surface area contributed by atoms with Gasteiger partial charge in [-0.05, 0) is 43.2 Å². The summed E-state index contributed by atoms with van der Waals surface area (Å²) >= 11 is 0. The van der Waals surface area contributed by atoms with E-state index in [0.29, 0.717) is 6.04 Å². The molecule has 1 N–H and O–H groups in total. The predicted octanol–water partition coefficient (Wildman–Crippen LogP) is 4.42. The van der Waals surface area contributed by atoms with Crippen LogP contribution in [0.4, 0.5) is 0 Å². The van der Waals surface area contributed by atoms with Gasteiger partial charge in [0.25, 0.3) is 0 Å². The molecule has 0 unspecified atom stereocenters. The van der Waals surface area contributed by atoms with Crippen LogP contribution in [0.15, 0.2) is 30.3 Å². The Morgan fingerprint density at radius 3 is 2.37 bits per heavy atom. The van der Waals surface area contributed by atoms with Crippen LogP contribution in [0.1, 0.15) is 51.5 Å². The van der Waals surface area contributed by atoms with Gasteiger partial charge in [0.05, 0.1) is 0 Å². The van der Waals surface area contributed by atoms with E-state index in [1.807, 2.05) is 0 Å². The molecule has 1 saturated carbocycles. The second kappa shape index (κ2) is 7.69. The van der Waals surface area contributed by atoms with Gasteiger partial charge in [-0.15, -0.1) is 0 Å². The van der Waals surface area contributed by atoms with Crippen LogP contribution >= 0.6 is 0 Å². The minimum absolute atomic E-state index is 0.671. The largest absolute Gasteiger partial charge is 0.313 e. The zero-order valence-electron chi connectivity index (χ0n) is 12.6. The van der Waals surface area contributed by atoms with Crippen molar-refractivity contribution in [3.8, 4) is 0 Å². The first-order valence-corrected chi connectivity index (χ1v) is 8.03. The van der Waals surface area contributed by atoms with Crippen molar-refractivity contribution in [3.63, 3.8) is 0 Å². The Bertz CT molecular complexity index is 338. The molecule has 0 aliphatic heterocycles. The Kier molecular flexibility index (Phi) is 5.91. The monoisotopic (exact) mass is 259 g/mol. The van der Waals surface area contributed by atoms with E-state index < -0.39 is 0 Å². The van der Waals surface area contributed by atoms with Gasteiger partial charge in [0.2, 0.25) is 0 Å². The third kappa shape index (κ3) is 4.99. The topological polar surface area (TPSA) is 12.0 Å². The lowest BCUT2D eigenvalue weighted by Crippen LogP contribution is -2.40. The Morgan fingerprint density at radius 2 is 1.74 bits per heavy atom. The molecule has 1 aromatic rings. The molecular weight excluding hydrogens is 230 g/mol. The number of benzene rings is 1. The van der Waals surface area contributed by atoms with Crippen molar-refractivity contribution < 1.29 is 0 Å². The summed E-state index contributed by atoms with van der Waals surface area (Å²) < 4.78 is 0. The van der Waals surface area contributed by atoms with Crippen LogP contribution in [0, 0.1) is 11.8 Å². The molecule has 19 heavy (non-hydrogen) atoms. The number of nitrogens with one attached hydrogen (secondary N) is 1. The van der Waals surface area contributed by atoms with Crippen molar-refractivity contribution in [1.29, 1.82) is 0 Å². The fraction of sp³-hybridized carbons (Fsp3) is 0.667. The van der Waals surface area contributed by atoms with E-state index in [2.05, 4.69) is 49.5 Å². The molecule has 1 heteroatoms. The third-order valence-electron chi connectivity index (χ3n) is 4.31. The molecule has 0 aromatic heterocycles. The van der Waals surface area contributed by atoms with Crippen LogP contribution in [0.5, 0.6) is 0 Å². The van der Waals surface area contributed by atoms with Crippen molar-refractivity contribution in [2.75, 3.05) is 6.54 Å². The summed E-state index contributed by atoms with van der Waals surface area (Å²) in [5.74, 6) is 1.62. The molecule has 0 amide bonds. The van der Waals surface area contributed by atoms with Gasteiger partial charge in [0.1, 0.15) is 0 Å². The fourth-order valence-corrected chi connectivity index (χ4v) is 3.20. The van der Waals surface area contributed by atoms with Gasteiger partial charge < -0.3 is 5.32 Å². The van der Waals surface area contributed by atoms with Crippen LogP contribution in [0.3, 0.4) is 0 Å². The minimum atomic E-state index is 0.671. The van der Waals surface area contributed by atoms with Crippen molar-refractivity contribution in [3.05, 3.63) is 35.9 Å². The number of hydrogen-bond acceptors (Lipinski definition) is 1. The normalized spacial score (nSPS) is 18.7. The molecule has 0 bridgehead atoms. The van der Waals surface area contributed by atoms with Gasteiger partial charge >= 0.3 is 0 Å². The molecule has 106 valence electrons. The molecule has 1 aliphatic rings. The summed E-state index contributed by atoms with van der Waals surface area (Å²) in [5.41, 5.74) is 1.48. The molecule has 2 rings (SSSR count). The predicted molar refractivity (Wildman–Crippen MR) is 83.3 cm³/mol.